The summed E-state index contributed by atoms with van der Waals surface area (Å²) in [5.41, 5.74) is 5.23. The maximum Gasteiger partial charge on any atom is 0.237 e. The van der Waals surface area contributed by atoms with Crippen LogP contribution in [0.4, 0.5) is 0 Å². The van der Waals surface area contributed by atoms with Crippen LogP contribution in [0.3, 0.4) is 0 Å². The standard InChI is InChI=1S/C16H29N3O2/c1-11(2)18-16(15(17)20)7-6-12(10-16)19-8-9-21-14-5-3-4-13(14)19/h11-14,18H,3-10H2,1-2H3,(H2,17,20). The highest BCUT2D eigenvalue weighted by atomic mass is 16.5. The third kappa shape index (κ3) is 2.83. The number of morpholine rings is 1. The summed E-state index contributed by atoms with van der Waals surface area (Å²) in [6.07, 6.45) is 6.89. The minimum absolute atomic E-state index is 0.185. The van der Waals surface area contributed by atoms with Crippen molar-refractivity contribution >= 4 is 5.91 Å². The minimum atomic E-state index is -0.509. The molecule has 1 amide bonds. The van der Waals surface area contributed by atoms with Crippen LogP contribution in [0.2, 0.25) is 0 Å². The lowest BCUT2D eigenvalue weighted by molar-refractivity contribution is -0.125. The van der Waals surface area contributed by atoms with Gasteiger partial charge < -0.3 is 15.8 Å². The van der Waals surface area contributed by atoms with Gasteiger partial charge in [-0.2, -0.15) is 0 Å². The van der Waals surface area contributed by atoms with Crippen LogP contribution in [-0.4, -0.2) is 53.7 Å². The fourth-order valence-electron chi connectivity index (χ4n) is 4.69. The van der Waals surface area contributed by atoms with Gasteiger partial charge in [0.05, 0.1) is 18.2 Å². The fourth-order valence-corrected chi connectivity index (χ4v) is 4.69. The van der Waals surface area contributed by atoms with E-state index in [4.69, 9.17) is 10.5 Å². The number of rotatable bonds is 4. The van der Waals surface area contributed by atoms with Crippen molar-refractivity contribution in [2.75, 3.05) is 13.2 Å². The molecule has 4 unspecified atom stereocenters. The molecule has 0 spiro atoms. The molecule has 3 fully saturated rings. The normalized spacial score (nSPS) is 40.6. The van der Waals surface area contributed by atoms with Gasteiger partial charge in [0, 0.05) is 24.7 Å². The van der Waals surface area contributed by atoms with Gasteiger partial charge in [0.15, 0.2) is 0 Å². The Labute approximate surface area is 127 Å². The van der Waals surface area contributed by atoms with E-state index in [-0.39, 0.29) is 11.9 Å². The molecule has 0 aromatic rings. The Balaban J connectivity index is 1.71. The van der Waals surface area contributed by atoms with E-state index in [0.717, 1.165) is 32.4 Å². The number of amides is 1. The first-order valence-electron chi connectivity index (χ1n) is 8.47. The summed E-state index contributed by atoms with van der Waals surface area (Å²) < 4.78 is 5.91. The zero-order chi connectivity index (χ0) is 15.0. The Morgan fingerprint density at radius 1 is 1.38 bits per heavy atom. The largest absolute Gasteiger partial charge is 0.375 e. The van der Waals surface area contributed by atoms with Crippen molar-refractivity contribution in [1.82, 2.24) is 10.2 Å². The Morgan fingerprint density at radius 2 is 2.19 bits per heavy atom. The molecule has 120 valence electrons. The van der Waals surface area contributed by atoms with Crippen LogP contribution < -0.4 is 11.1 Å². The van der Waals surface area contributed by atoms with Crippen LogP contribution in [0, 0.1) is 0 Å². The second-order valence-corrected chi connectivity index (χ2v) is 7.29. The predicted molar refractivity (Wildman–Crippen MR) is 81.9 cm³/mol. The zero-order valence-corrected chi connectivity index (χ0v) is 13.3. The fraction of sp³-hybridized carbons (Fsp3) is 0.938. The van der Waals surface area contributed by atoms with E-state index < -0.39 is 5.54 Å². The molecule has 4 atom stereocenters. The lowest BCUT2D eigenvalue weighted by atomic mass is 9.94. The number of hydrogen-bond donors (Lipinski definition) is 2. The van der Waals surface area contributed by atoms with E-state index in [2.05, 4.69) is 24.1 Å². The average molecular weight is 295 g/mol. The summed E-state index contributed by atoms with van der Waals surface area (Å²) in [5.74, 6) is -0.185. The molecule has 0 aromatic heterocycles. The predicted octanol–water partition coefficient (Wildman–Crippen LogP) is 1.01. The molecule has 2 aliphatic carbocycles. The molecule has 5 heteroatoms. The van der Waals surface area contributed by atoms with Crippen molar-refractivity contribution in [2.24, 2.45) is 5.73 Å². The second-order valence-electron chi connectivity index (χ2n) is 7.29. The molecule has 1 saturated heterocycles. The van der Waals surface area contributed by atoms with Crippen LogP contribution in [0.5, 0.6) is 0 Å². The SMILES string of the molecule is CC(C)NC1(C(N)=O)CCC(N2CCOC3CCCC32)C1. The number of nitrogens with zero attached hydrogens (tertiary/aromatic N) is 1. The summed E-state index contributed by atoms with van der Waals surface area (Å²) in [6.45, 7) is 6.00. The molecule has 1 aliphatic heterocycles. The van der Waals surface area contributed by atoms with Gasteiger partial charge in [-0.25, -0.2) is 0 Å². The third-order valence-corrected chi connectivity index (χ3v) is 5.52. The van der Waals surface area contributed by atoms with Crippen molar-refractivity contribution in [2.45, 2.75) is 82.1 Å². The molecular formula is C16H29N3O2. The van der Waals surface area contributed by atoms with Gasteiger partial charge in [-0.1, -0.05) is 0 Å². The van der Waals surface area contributed by atoms with E-state index in [0.29, 0.717) is 18.2 Å². The van der Waals surface area contributed by atoms with Crippen LogP contribution in [0.1, 0.15) is 52.4 Å². The van der Waals surface area contributed by atoms with Gasteiger partial charge >= 0.3 is 0 Å². The van der Waals surface area contributed by atoms with Crippen LogP contribution in [-0.2, 0) is 9.53 Å². The molecule has 0 radical (unpaired) electrons. The Morgan fingerprint density at radius 3 is 2.90 bits per heavy atom. The lowest BCUT2D eigenvalue weighted by Gasteiger charge is -2.42. The van der Waals surface area contributed by atoms with Crippen molar-refractivity contribution in [1.29, 1.82) is 0 Å². The number of primary amides is 1. The van der Waals surface area contributed by atoms with Crippen LogP contribution in [0.25, 0.3) is 0 Å². The van der Waals surface area contributed by atoms with Gasteiger partial charge in [0.1, 0.15) is 0 Å². The minimum Gasteiger partial charge on any atom is -0.375 e. The highest BCUT2D eigenvalue weighted by Crippen LogP contribution is 2.39. The number of nitrogens with two attached hydrogens (primary N) is 1. The number of ether oxygens (including phenoxy) is 1. The molecule has 3 N–H and O–H groups in total. The van der Waals surface area contributed by atoms with E-state index in [1.165, 1.54) is 19.3 Å². The molecule has 0 aromatic carbocycles. The monoisotopic (exact) mass is 295 g/mol. The van der Waals surface area contributed by atoms with Crippen LogP contribution >= 0.6 is 0 Å². The van der Waals surface area contributed by atoms with E-state index in [9.17, 15) is 4.79 Å². The maximum atomic E-state index is 12.0. The quantitative estimate of drug-likeness (QED) is 0.812. The van der Waals surface area contributed by atoms with Crippen molar-refractivity contribution in [3.05, 3.63) is 0 Å². The number of nitrogens with one attached hydrogen (secondary N) is 1. The summed E-state index contributed by atoms with van der Waals surface area (Å²) >= 11 is 0. The van der Waals surface area contributed by atoms with Crippen molar-refractivity contribution in [3.63, 3.8) is 0 Å². The highest BCUT2D eigenvalue weighted by molar-refractivity contribution is 5.85. The smallest absolute Gasteiger partial charge is 0.237 e. The second kappa shape index (κ2) is 5.86. The summed E-state index contributed by atoms with van der Waals surface area (Å²) in [4.78, 5) is 14.7. The van der Waals surface area contributed by atoms with Gasteiger partial charge in [-0.15, -0.1) is 0 Å². The molecule has 1 heterocycles. The molecule has 3 aliphatic rings. The van der Waals surface area contributed by atoms with E-state index in [1.807, 2.05) is 0 Å². The molecule has 5 nitrogen and oxygen atoms in total. The van der Waals surface area contributed by atoms with Gasteiger partial charge in [0.2, 0.25) is 5.91 Å². The molecule has 3 rings (SSSR count). The number of hydrogen-bond acceptors (Lipinski definition) is 4. The third-order valence-electron chi connectivity index (χ3n) is 5.52. The summed E-state index contributed by atoms with van der Waals surface area (Å²) in [6, 6.07) is 1.31. The van der Waals surface area contributed by atoms with Crippen LogP contribution in [0.15, 0.2) is 0 Å². The highest BCUT2D eigenvalue weighted by Gasteiger charge is 2.49. The zero-order valence-electron chi connectivity index (χ0n) is 13.3. The van der Waals surface area contributed by atoms with Crippen molar-refractivity contribution < 1.29 is 9.53 Å². The van der Waals surface area contributed by atoms with Crippen molar-refractivity contribution in [3.8, 4) is 0 Å². The molecular weight excluding hydrogens is 266 g/mol. The van der Waals surface area contributed by atoms with Gasteiger partial charge in [0.25, 0.3) is 0 Å². The molecule has 21 heavy (non-hydrogen) atoms. The molecule has 2 saturated carbocycles. The maximum absolute atomic E-state index is 12.0. The lowest BCUT2D eigenvalue weighted by Crippen LogP contribution is -2.58. The number of carbonyl (C=O) groups is 1. The van der Waals surface area contributed by atoms with Gasteiger partial charge in [-0.05, 0) is 52.4 Å². The first-order chi connectivity index (χ1) is 10.0. The number of fused-ring (bicyclic) bond motifs is 1. The Hall–Kier alpha value is -0.650. The molecule has 0 bridgehead atoms. The Kier molecular flexibility index (Phi) is 4.26. The first kappa shape index (κ1) is 15.3. The van der Waals surface area contributed by atoms with E-state index >= 15 is 0 Å². The first-order valence-corrected chi connectivity index (χ1v) is 8.47. The Bertz CT molecular complexity index is 401. The summed E-state index contributed by atoms with van der Waals surface area (Å²) in [5, 5.41) is 3.45. The topological polar surface area (TPSA) is 67.6 Å². The average Bonchev–Trinajstić information content (AvgIpc) is 3.04. The van der Waals surface area contributed by atoms with Gasteiger partial charge in [-0.3, -0.25) is 9.69 Å². The number of carbonyl (C=O) groups excluding carboxylic acids is 1. The van der Waals surface area contributed by atoms with E-state index in [1.54, 1.807) is 0 Å². The summed E-state index contributed by atoms with van der Waals surface area (Å²) in [7, 11) is 0.